The Balaban J connectivity index is 2.39. The van der Waals surface area contributed by atoms with E-state index in [1.54, 1.807) is 24.3 Å². The molecule has 0 atom stereocenters. The molecule has 0 aliphatic heterocycles. The van der Waals surface area contributed by atoms with Crippen LogP contribution in [0.4, 0.5) is 13.2 Å². The van der Waals surface area contributed by atoms with Crippen LogP contribution in [0.5, 0.6) is 11.6 Å². The van der Waals surface area contributed by atoms with Gasteiger partial charge in [0.25, 0.3) is 0 Å². The van der Waals surface area contributed by atoms with Gasteiger partial charge in [-0.15, -0.1) is 0 Å². The third-order valence-corrected chi connectivity index (χ3v) is 3.01. The summed E-state index contributed by atoms with van der Waals surface area (Å²) in [4.78, 5) is 3.64. The van der Waals surface area contributed by atoms with E-state index >= 15 is 0 Å². The van der Waals surface area contributed by atoms with Gasteiger partial charge in [-0.1, -0.05) is 12.1 Å². The molecule has 94 valence electrons. The molecule has 0 spiro atoms. The molecule has 0 saturated carbocycles. The average Bonchev–Trinajstić information content (AvgIpc) is 2.31. The molecular formula is C12H7F3INO. The van der Waals surface area contributed by atoms with Crippen LogP contribution >= 0.6 is 22.6 Å². The van der Waals surface area contributed by atoms with E-state index in [1.807, 2.05) is 22.6 Å². The molecule has 2 rings (SSSR count). The molecule has 1 aromatic carbocycles. The molecule has 2 nitrogen and oxygen atoms in total. The van der Waals surface area contributed by atoms with Gasteiger partial charge in [0.05, 0.1) is 3.57 Å². The fourth-order valence-electron chi connectivity index (χ4n) is 1.32. The van der Waals surface area contributed by atoms with Crippen LogP contribution in [0.3, 0.4) is 0 Å². The van der Waals surface area contributed by atoms with E-state index in [9.17, 15) is 13.2 Å². The monoisotopic (exact) mass is 365 g/mol. The Labute approximate surface area is 115 Å². The third-order valence-electron chi connectivity index (χ3n) is 2.12. The van der Waals surface area contributed by atoms with Crippen molar-refractivity contribution in [3.05, 3.63) is 51.7 Å². The second-order valence-electron chi connectivity index (χ2n) is 3.39. The van der Waals surface area contributed by atoms with E-state index in [4.69, 9.17) is 4.74 Å². The van der Waals surface area contributed by atoms with Gasteiger partial charge in [-0.05, 0) is 46.9 Å². The fraction of sp³-hybridized carbons (Fsp3) is 0.0833. The molecule has 0 radical (unpaired) electrons. The van der Waals surface area contributed by atoms with Crippen molar-refractivity contribution in [2.45, 2.75) is 6.18 Å². The van der Waals surface area contributed by atoms with Crippen molar-refractivity contribution in [2.75, 3.05) is 0 Å². The lowest BCUT2D eigenvalue weighted by molar-refractivity contribution is -0.138. The van der Waals surface area contributed by atoms with Crippen LogP contribution in [-0.2, 0) is 6.18 Å². The quantitative estimate of drug-likeness (QED) is 0.732. The second kappa shape index (κ2) is 5.13. The summed E-state index contributed by atoms with van der Waals surface area (Å²) in [5.41, 5.74) is -0.885. The minimum Gasteiger partial charge on any atom is -0.437 e. The van der Waals surface area contributed by atoms with E-state index in [-0.39, 0.29) is 0 Å². The Hall–Kier alpha value is -1.31. The molecule has 1 heterocycles. The van der Waals surface area contributed by atoms with E-state index in [1.165, 1.54) is 12.3 Å². The zero-order valence-electron chi connectivity index (χ0n) is 8.91. The molecule has 1 aromatic heterocycles. The maximum absolute atomic E-state index is 12.7. The molecule has 0 amide bonds. The number of rotatable bonds is 2. The van der Waals surface area contributed by atoms with Gasteiger partial charge in [-0.2, -0.15) is 13.2 Å². The molecule has 0 unspecified atom stereocenters. The van der Waals surface area contributed by atoms with Gasteiger partial charge < -0.3 is 4.74 Å². The number of pyridine rings is 1. The summed E-state index contributed by atoms with van der Waals surface area (Å²) in [7, 11) is 0. The number of aromatic nitrogens is 1. The van der Waals surface area contributed by atoms with E-state index in [0.717, 1.165) is 6.07 Å². The van der Waals surface area contributed by atoms with Crippen molar-refractivity contribution in [1.82, 2.24) is 4.98 Å². The number of hydrogen-bond donors (Lipinski definition) is 0. The maximum atomic E-state index is 12.7. The van der Waals surface area contributed by atoms with Gasteiger partial charge in [-0.3, -0.25) is 0 Å². The maximum Gasteiger partial charge on any atom is 0.421 e. The molecule has 6 heteroatoms. The first-order valence-corrected chi connectivity index (χ1v) is 6.01. The highest BCUT2D eigenvalue weighted by molar-refractivity contribution is 14.1. The molecule has 18 heavy (non-hydrogen) atoms. The lowest BCUT2D eigenvalue weighted by atomic mass is 10.2. The number of nitrogens with zero attached hydrogens (tertiary/aromatic N) is 1. The topological polar surface area (TPSA) is 22.1 Å². The molecular weight excluding hydrogens is 358 g/mol. The summed E-state index contributed by atoms with van der Waals surface area (Å²) in [6, 6.07) is 8.97. The molecule has 0 fully saturated rings. The lowest BCUT2D eigenvalue weighted by Gasteiger charge is -2.12. The molecule has 0 saturated heterocycles. The zero-order valence-corrected chi connectivity index (χ0v) is 11.1. The van der Waals surface area contributed by atoms with Crippen molar-refractivity contribution in [3.8, 4) is 11.6 Å². The van der Waals surface area contributed by atoms with Gasteiger partial charge in [0.1, 0.15) is 11.3 Å². The Morgan fingerprint density at radius 1 is 1.06 bits per heavy atom. The van der Waals surface area contributed by atoms with Gasteiger partial charge in [-0.25, -0.2) is 4.98 Å². The number of para-hydroxylation sites is 1. The molecule has 0 N–H and O–H groups in total. The number of benzene rings is 1. The van der Waals surface area contributed by atoms with Crippen LogP contribution in [0.25, 0.3) is 0 Å². The predicted molar refractivity (Wildman–Crippen MR) is 68.5 cm³/mol. The second-order valence-corrected chi connectivity index (χ2v) is 4.55. The minimum absolute atomic E-state index is 0.349. The SMILES string of the molecule is FC(F)(F)c1cccnc1Oc1ccccc1I. The number of alkyl halides is 3. The van der Waals surface area contributed by atoms with Crippen molar-refractivity contribution in [2.24, 2.45) is 0 Å². The summed E-state index contributed by atoms with van der Waals surface area (Å²) in [6.07, 6.45) is -3.22. The first-order chi connectivity index (χ1) is 8.48. The summed E-state index contributed by atoms with van der Waals surface area (Å²) in [5, 5.41) is 0. The minimum atomic E-state index is -4.48. The normalized spacial score (nSPS) is 11.3. The average molecular weight is 365 g/mol. The van der Waals surface area contributed by atoms with Crippen LogP contribution in [0.2, 0.25) is 0 Å². The standard InChI is InChI=1S/C12H7F3INO/c13-12(14,15)8-4-3-7-17-11(8)18-10-6-2-1-5-9(10)16/h1-7H. The summed E-state index contributed by atoms with van der Waals surface area (Å²) in [6.45, 7) is 0. The Morgan fingerprint density at radius 3 is 2.44 bits per heavy atom. The smallest absolute Gasteiger partial charge is 0.421 e. The summed E-state index contributed by atoms with van der Waals surface area (Å²) >= 11 is 1.99. The lowest BCUT2D eigenvalue weighted by Crippen LogP contribution is -2.08. The van der Waals surface area contributed by atoms with Gasteiger partial charge in [0, 0.05) is 6.20 Å². The largest absolute Gasteiger partial charge is 0.437 e. The van der Waals surface area contributed by atoms with Gasteiger partial charge in [0.2, 0.25) is 5.88 Å². The molecule has 0 aliphatic rings. The Kier molecular flexibility index (Phi) is 3.74. The fourth-order valence-corrected chi connectivity index (χ4v) is 1.82. The van der Waals surface area contributed by atoms with Crippen molar-refractivity contribution in [1.29, 1.82) is 0 Å². The van der Waals surface area contributed by atoms with Crippen LogP contribution < -0.4 is 4.74 Å². The third kappa shape index (κ3) is 2.92. The number of ether oxygens (including phenoxy) is 1. The highest BCUT2D eigenvalue weighted by Crippen LogP contribution is 2.37. The van der Waals surface area contributed by atoms with Gasteiger partial charge >= 0.3 is 6.18 Å². The predicted octanol–water partition coefficient (Wildman–Crippen LogP) is 4.50. The van der Waals surface area contributed by atoms with Crippen LogP contribution in [0, 0.1) is 3.57 Å². The van der Waals surface area contributed by atoms with E-state index in [2.05, 4.69) is 4.98 Å². The van der Waals surface area contributed by atoms with Crippen molar-refractivity contribution < 1.29 is 17.9 Å². The van der Waals surface area contributed by atoms with Crippen molar-refractivity contribution in [3.63, 3.8) is 0 Å². The Bertz CT molecular complexity index is 557. The highest BCUT2D eigenvalue weighted by Gasteiger charge is 2.35. The van der Waals surface area contributed by atoms with Crippen LogP contribution in [0.1, 0.15) is 5.56 Å². The summed E-state index contributed by atoms with van der Waals surface area (Å²) in [5.74, 6) is -0.0867. The molecule has 2 aromatic rings. The van der Waals surface area contributed by atoms with Gasteiger partial charge in [0.15, 0.2) is 0 Å². The Morgan fingerprint density at radius 2 is 1.78 bits per heavy atom. The first kappa shape index (κ1) is 13.1. The number of halogens is 4. The van der Waals surface area contributed by atoms with E-state index in [0.29, 0.717) is 9.32 Å². The number of hydrogen-bond acceptors (Lipinski definition) is 2. The van der Waals surface area contributed by atoms with Crippen molar-refractivity contribution >= 4 is 22.6 Å². The van der Waals surface area contributed by atoms with E-state index < -0.39 is 17.6 Å². The first-order valence-electron chi connectivity index (χ1n) is 4.93. The van der Waals surface area contributed by atoms with Crippen LogP contribution in [-0.4, -0.2) is 4.98 Å². The highest BCUT2D eigenvalue weighted by atomic mass is 127. The zero-order chi connectivity index (χ0) is 13.2. The summed E-state index contributed by atoms with van der Waals surface area (Å²) < 4.78 is 44.1. The molecule has 0 aliphatic carbocycles. The van der Waals surface area contributed by atoms with Crippen LogP contribution in [0.15, 0.2) is 42.6 Å². The molecule has 0 bridgehead atoms.